The van der Waals surface area contributed by atoms with Crippen molar-refractivity contribution in [1.29, 1.82) is 0 Å². The molecule has 3 N–H and O–H groups in total. The van der Waals surface area contributed by atoms with Crippen LogP contribution < -0.4 is 16.0 Å². The molecule has 0 bridgehead atoms. The molecule has 0 aromatic carbocycles. The van der Waals surface area contributed by atoms with Crippen LogP contribution in [0.2, 0.25) is 0 Å². The van der Waals surface area contributed by atoms with Gasteiger partial charge in [-0.25, -0.2) is 4.99 Å². The van der Waals surface area contributed by atoms with E-state index in [0.29, 0.717) is 18.0 Å². The minimum absolute atomic E-state index is 0. The molecule has 1 saturated carbocycles. The van der Waals surface area contributed by atoms with Crippen LogP contribution in [0.5, 0.6) is 0 Å². The molecule has 2 heterocycles. The van der Waals surface area contributed by atoms with Gasteiger partial charge in [0.25, 0.3) is 0 Å². The van der Waals surface area contributed by atoms with Gasteiger partial charge in [-0.15, -0.1) is 35.3 Å². The number of nitrogens with zero attached hydrogens (tertiary/aromatic N) is 2. The summed E-state index contributed by atoms with van der Waals surface area (Å²) >= 11 is 1.81. The minimum Gasteiger partial charge on any atom is -0.357 e. The third-order valence-electron chi connectivity index (χ3n) is 4.58. The number of aliphatic imine (C=N–C) groups is 1. The molecular weight excluding hydrogens is 461 g/mol. The smallest absolute Gasteiger partial charge is 0.242 e. The third kappa shape index (κ3) is 6.70. The number of hydrogen-bond acceptors (Lipinski definition) is 4. The van der Waals surface area contributed by atoms with Gasteiger partial charge in [-0.2, -0.15) is 0 Å². The topological polar surface area (TPSA) is 68.8 Å². The van der Waals surface area contributed by atoms with E-state index in [-0.39, 0.29) is 36.4 Å². The lowest BCUT2D eigenvalue weighted by atomic mass is 10.2. The zero-order valence-electron chi connectivity index (χ0n) is 15.4. The number of hydrogen-bond donors (Lipinski definition) is 3. The second-order valence-corrected chi connectivity index (χ2v) is 7.67. The van der Waals surface area contributed by atoms with Gasteiger partial charge in [0.2, 0.25) is 5.91 Å². The van der Waals surface area contributed by atoms with Gasteiger partial charge >= 0.3 is 0 Å². The lowest BCUT2D eigenvalue weighted by Gasteiger charge is -2.27. The number of carbonyl (C=O) groups is 1. The van der Waals surface area contributed by atoms with Gasteiger partial charge in [0.05, 0.1) is 6.04 Å². The SMILES string of the molecule is CCNC(=NCC(=O)NC1CC1)NCC(c1cccs1)N1CCCC1.I. The minimum atomic E-state index is 0. The van der Waals surface area contributed by atoms with Crippen LogP contribution in [0, 0.1) is 0 Å². The summed E-state index contributed by atoms with van der Waals surface area (Å²) < 4.78 is 0. The zero-order chi connectivity index (χ0) is 17.5. The number of nitrogens with one attached hydrogen (secondary N) is 3. The maximum absolute atomic E-state index is 11.9. The van der Waals surface area contributed by atoms with Gasteiger partial charge in [-0.3, -0.25) is 9.69 Å². The molecule has 2 fully saturated rings. The molecule has 8 heteroatoms. The molecule has 1 aliphatic heterocycles. The van der Waals surface area contributed by atoms with Gasteiger partial charge in [-0.05, 0) is 57.1 Å². The Balaban J connectivity index is 0.00000243. The van der Waals surface area contributed by atoms with E-state index in [2.05, 4.69) is 43.4 Å². The lowest BCUT2D eigenvalue weighted by molar-refractivity contribution is -0.119. The van der Waals surface area contributed by atoms with Crippen molar-refractivity contribution >= 4 is 47.2 Å². The first-order chi connectivity index (χ1) is 12.3. The molecule has 1 unspecified atom stereocenters. The average molecular weight is 491 g/mol. The highest BCUT2D eigenvalue weighted by molar-refractivity contribution is 14.0. The van der Waals surface area contributed by atoms with E-state index in [0.717, 1.165) is 39.0 Å². The van der Waals surface area contributed by atoms with E-state index in [1.54, 1.807) is 0 Å². The number of amides is 1. The summed E-state index contributed by atoms with van der Waals surface area (Å²) in [6, 6.07) is 5.08. The van der Waals surface area contributed by atoms with Crippen molar-refractivity contribution in [3.05, 3.63) is 22.4 Å². The molecule has 2 aliphatic rings. The Bertz CT molecular complexity index is 570. The number of thiophene rings is 1. The summed E-state index contributed by atoms with van der Waals surface area (Å²) in [5.41, 5.74) is 0. The molecule has 1 saturated heterocycles. The molecular formula is C18H30IN5OS. The zero-order valence-corrected chi connectivity index (χ0v) is 18.5. The lowest BCUT2D eigenvalue weighted by Crippen LogP contribution is -2.43. The van der Waals surface area contributed by atoms with Crippen molar-refractivity contribution in [3.63, 3.8) is 0 Å². The second kappa shape index (κ2) is 11.1. The Morgan fingerprint density at radius 1 is 1.35 bits per heavy atom. The van der Waals surface area contributed by atoms with Crippen LogP contribution in [0.25, 0.3) is 0 Å². The first-order valence-corrected chi connectivity index (χ1v) is 10.2. The second-order valence-electron chi connectivity index (χ2n) is 6.69. The Morgan fingerprint density at radius 3 is 2.73 bits per heavy atom. The van der Waals surface area contributed by atoms with Crippen LogP contribution in [-0.4, -0.2) is 55.5 Å². The van der Waals surface area contributed by atoms with Crippen LogP contribution in [-0.2, 0) is 4.79 Å². The number of halogens is 1. The molecule has 1 aromatic rings. The maximum atomic E-state index is 11.9. The molecule has 1 amide bonds. The van der Waals surface area contributed by atoms with Crippen molar-refractivity contribution in [2.24, 2.45) is 4.99 Å². The first-order valence-electron chi connectivity index (χ1n) is 9.35. The normalized spacial score (nSPS) is 18.9. The van der Waals surface area contributed by atoms with Gasteiger partial charge in [-0.1, -0.05) is 6.07 Å². The maximum Gasteiger partial charge on any atom is 0.242 e. The van der Waals surface area contributed by atoms with Crippen molar-refractivity contribution in [3.8, 4) is 0 Å². The summed E-state index contributed by atoms with van der Waals surface area (Å²) in [4.78, 5) is 20.2. The number of likely N-dealkylation sites (tertiary alicyclic amines) is 1. The fourth-order valence-electron chi connectivity index (χ4n) is 3.13. The van der Waals surface area contributed by atoms with E-state index in [1.807, 2.05) is 18.3 Å². The summed E-state index contributed by atoms with van der Waals surface area (Å²) in [6.45, 7) is 6.11. The first kappa shape index (κ1) is 21.4. The highest BCUT2D eigenvalue weighted by Crippen LogP contribution is 2.27. The quantitative estimate of drug-likeness (QED) is 0.297. The van der Waals surface area contributed by atoms with Gasteiger partial charge in [0.15, 0.2) is 5.96 Å². The Morgan fingerprint density at radius 2 is 2.12 bits per heavy atom. The number of rotatable bonds is 8. The average Bonchev–Trinajstić information content (AvgIpc) is 3.08. The van der Waals surface area contributed by atoms with E-state index < -0.39 is 0 Å². The van der Waals surface area contributed by atoms with Crippen molar-refractivity contribution in [2.75, 3.05) is 32.7 Å². The van der Waals surface area contributed by atoms with Crippen molar-refractivity contribution in [1.82, 2.24) is 20.9 Å². The van der Waals surface area contributed by atoms with Crippen LogP contribution in [0.1, 0.15) is 43.5 Å². The number of guanidine groups is 1. The number of carbonyl (C=O) groups excluding carboxylic acids is 1. The largest absolute Gasteiger partial charge is 0.357 e. The van der Waals surface area contributed by atoms with Gasteiger partial charge in [0, 0.05) is 24.0 Å². The van der Waals surface area contributed by atoms with Crippen LogP contribution >= 0.6 is 35.3 Å². The fraction of sp³-hybridized carbons (Fsp3) is 0.667. The monoisotopic (exact) mass is 491 g/mol. The molecule has 1 aromatic heterocycles. The standard InChI is InChI=1S/C18H29N5OS.HI/c1-2-19-18(21-13-17(24)22-14-7-8-14)20-12-15(16-6-5-11-25-16)23-9-3-4-10-23;/h5-6,11,14-15H,2-4,7-10,12-13H2,1H3,(H,22,24)(H2,19,20,21);1H. The summed E-state index contributed by atoms with van der Waals surface area (Å²) in [5.74, 6) is 0.725. The van der Waals surface area contributed by atoms with Crippen molar-refractivity contribution in [2.45, 2.75) is 44.7 Å². The van der Waals surface area contributed by atoms with Crippen LogP contribution in [0.4, 0.5) is 0 Å². The van der Waals surface area contributed by atoms with Gasteiger partial charge < -0.3 is 16.0 Å². The third-order valence-corrected chi connectivity index (χ3v) is 5.56. The highest BCUT2D eigenvalue weighted by atomic mass is 127. The summed E-state index contributed by atoms with van der Waals surface area (Å²) in [6.07, 6.45) is 4.76. The summed E-state index contributed by atoms with van der Waals surface area (Å²) in [7, 11) is 0. The molecule has 3 rings (SSSR count). The van der Waals surface area contributed by atoms with Crippen molar-refractivity contribution < 1.29 is 4.79 Å². The van der Waals surface area contributed by atoms with E-state index in [1.165, 1.54) is 17.7 Å². The van der Waals surface area contributed by atoms with E-state index in [9.17, 15) is 4.79 Å². The van der Waals surface area contributed by atoms with Crippen LogP contribution in [0.15, 0.2) is 22.5 Å². The highest BCUT2D eigenvalue weighted by Gasteiger charge is 2.25. The van der Waals surface area contributed by atoms with E-state index >= 15 is 0 Å². The molecule has 0 spiro atoms. The Hall–Kier alpha value is -0.870. The molecule has 6 nitrogen and oxygen atoms in total. The Labute approximate surface area is 177 Å². The molecule has 26 heavy (non-hydrogen) atoms. The molecule has 1 aliphatic carbocycles. The predicted octanol–water partition coefficient (Wildman–Crippen LogP) is 2.34. The molecule has 1 atom stereocenters. The molecule has 146 valence electrons. The summed E-state index contributed by atoms with van der Waals surface area (Å²) in [5, 5.41) is 11.8. The van der Waals surface area contributed by atoms with Gasteiger partial charge in [0.1, 0.15) is 6.54 Å². The molecule has 0 radical (unpaired) electrons. The van der Waals surface area contributed by atoms with E-state index in [4.69, 9.17) is 0 Å². The van der Waals surface area contributed by atoms with Crippen LogP contribution in [0.3, 0.4) is 0 Å². The Kier molecular flexibility index (Phi) is 9.13. The fourth-order valence-corrected chi connectivity index (χ4v) is 3.99. The predicted molar refractivity (Wildman–Crippen MR) is 118 cm³/mol.